The fourth-order valence-electron chi connectivity index (χ4n) is 1.80. The molecule has 0 aliphatic heterocycles. The molecule has 0 aliphatic rings. The van der Waals surface area contributed by atoms with Gasteiger partial charge < -0.3 is 5.32 Å². The summed E-state index contributed by atoms with van der Waals surface area (Å²) < 4.78 is 1.82. The summed E-state index contributed by atoms with van der Waals surface area (Å²) in [7, 11) is 0. The van der Waals surface area contributed by atoms with E-state index in [2.05, 4.69) is 58.5 Å². The maximum absolute atomic E-state index is 6.00. The van der Waals surface area contributed by atoms with Gasteiger partial charge in [-0.15, -0.1) is 11.3 Å². The molecule has 18 heavy (non-hydrogen) atoms. The van der Waals surface area contributed by atoms with E-state index < -0.39 is 0 Å². The Kier molecular flexibility index (Phi) is 5.25. The van der Waals surface area contributed by atoms with E-state index >= 15 is 0 Å². The monoisotopic (exact) mass is 343 g/mol. The lowest BCUT2D eigenvalue weighted by Crippen LogP contribution is -2.16. The van der Waals surface area contributed by atoms with Crippen LogP contribution < -0.4 is 5.32 Å². The summed E-state index contributed by atoms with van der Waals surface area (Å²) in [4.78, 5) is 1.26. The fraction of sp³-hybridized carbons (Fsp3) is 0.286. The zero-order valence-electron chi connectivity index (χ0n) is 10.2. The van der Waals surface area contributed by atoms with Gasteiger partial charge >= 0.3 is 0 Å². The van der Waals surface area contributed by atoms with Gasteiger partial charge in [-0.05, 0) is 53.0 Å². The molecule has 2 aromatic rings. The van der Waals surface area contributed by atoms with E-state index in [9.17, 15) is 0 Å². The minimum absolute atomic E-state index is 0.825. The first-order valence-electron chi connectivity index (χ1n) is 5.86. The number of rotatable bonds is 5. The molecule has 0 radical (unpaired) electrons. The first kappa shape index (κ1) is 14.1. The lowest BCUT2D eigenvalue weighted by molar-refractivity contribution is 0.692. The minimum Gasteiger partial charge on any atom is -0.312 e. The van der Waals surface area contributed by atoms with Gasteiger partial charge in [-0.1, -0.05) is 35.9 Å². The molecule has 0 fully saturated rings. The van der Waals surface area contributed by atoms with E-state index in [0.717, 1.165) is 28.3 Å². The standard InChI is InChI=1S/C14H15BrClNS/c1-10-4-2-3-5-11(10)6-7-17-9-12-8-13(15)14(16)18-12/h2-5,8,17H,6-7,9H2,1H3. The predicted molar refractivity (Wildman–Crippen MR) is 83.6 cm³/mol. The molecular formula is C14H15BrClNS. The van der Waals surface area contributed by atoms with Crippen molar-refractivity contribution in [2.45, 2.75) is 19.9 Å². The molecule has 2 rings (SSSR count). The molecule has 0 amide bonds. The van der Waals surface area contributed by atoms with Gasteiger partial charge in [0.1, 0.15) is 4.34 Å². The fourth-order valence-corrected chi connectivity index (χ4v) is 3.56. The second-order valence-electron chi connectivity index (χ2n) is 4.19. The molecule has 96 valence electrons. The van der Waals surface area contributed by atoms with Gasteiger partial charge in [0.25, 0.3) is 0 Å². The lowest BCUT2D eigenvalue weighted by Gasteiger charge is -2.06. The van der Waals surface area contributed by atoms with Crippen molar-refractivity contribution in [2.24, 2.45) is 0 Å². The number of nitrogens with one attached hydrogen (secondary N) is 1. The minimum atomic E-state index is 0.825. The summed E-state index contributed by atoms with van der Waals surface area (Å²) in [6, 6.07) is 10.6. The molecule has 0 bridgehead atoms. The van der Waals surface area contributed by atoms with E-state index in [4.69, 9.17) is 11.6 Å². The average Bonchev–Trinajstić information content (AvgIpc) is 2.66. The van der Waals surface area contributed by atoms with Crippen molar-refractivity contribution in [1.29, 1.82) is 0 Å². The summed E-state index contributed by atoms with van der Waals surface area (Å²) in [6.45, 7) is 4.02. The molecule has 0 saturated heterocycles. The quantitative estimate of drug-likeness (QED) is 0.768. The lowest BCUT2D eigenvalue weighted by atomic mass is 10.1. The number of thiophene rings is 1. The number of benzene rings is 1. The molecule has 1 heterocycles. The summed E-state index contributed by atoms with van der Waals surface area (Å²) in [5.41, 5.74) is 2.77. The molecule has 0 spiro atoms. The molecule has 1 N–H and O–H groups in total. The molecule has 4 heteroatoms. The molecule has 1 aromatic heterocycles. The highest BCUT2D eigenvalue weighted by atomic mass is 79.9. The maximum Gasteiger partial charge on any atom is 0.107 e. The third kappa shape index (κ3) is 3.82. The molecular weight excluding hydrogens is 330 g/mol. The highest BCUT2D eigenvalue weighted by molar-refractivity contribution is 9.10. The van der Waals surface area contributed by atoms with Gasteiger partial charge in [0.05, 0.1) is 0 Å². The Morgan fingerprint density at radius 3 is 2.78 bits per heavy atom. The average molecular weight is 345 g/mol. The van der Waals surface area contributed by atoms with E-state index in [-0.39, 0.29) is 0 Å². The van der Waals surface area contributed by atoms with Crippen LogP contribution in [0.3, 0.4) is 0 Å². The van der Waals surface area contributed by atoms with Crippen molar-refractivity contribution in [3.05, 3.63) is 55.1 Å². The zero-order chi connectivity index (χ0) is 13.0. The normalized spacial score (nSPS) is 10.8. The van der Waals surface area contributed by atoms with Gasteiger partial charge in [-0.3, -0.25) is 0 Å². The summed E-state index contributed by atoms with van der Waals surface area (Å²) in [5, 5.41) is 3.45. The van der Waals surface area contributed by atoms with Crippen LogP contribution in [0.25, 0.3) is 0 Å². The number of hydrogen-bond acceptors (Lipinski definition) is 2. The van der Waals surface area contributed by atoms with Crippen molar-refractivity contribution in [2.75, 3.05) is 6.54 Å². The van der Waals surface area contributed by atoms with E-state index in [1.165, 1.54) is 16.0 Å². The largest absolute Gasteiger partial charge is 0.312 e. The summed E-state index contributed by atoms with van der Waals surface area (Å²) in [5.74, 6) is 0. The SMILES string of the molecule is Cc1ccccc1CCNCc1cc(Br)c(Cl)s1. The highest BCUT2D eigenvalue weighted by Crippen LogP contribution is 2.31. The van der Waals surface area contributed by atoms with E-state index in [1.54, 1.807) is 11.3 Å². The Balaban J connectivity index is 1.78. The second-order valence-corrected chi connectivity index (χ2v) is 6.78. The van der Waals surface area contributed by atoms with E-state index in [1.807, 2.05) is 0 Å². The third-order valence-electron chi connectivity index (χ3n) is 2.83. The predicted octanol–water partition coefficient (Wildman–Crippen LogP) is 4.80. The number of aryl methyl sites for hydroxylation is 1. The summed E-state index contributed by atoms with van der Waals surface area (Å²) in [6.07, 6.45) is 1.06. The first-order valence-corrected chi connectivity index (χ1v) is 7.84. The summed E-state index contributed by atoms with van der Waals surface area (Å²) >= 11 is 11.0. The van der Waals surface area contributed by atoms with Gasteiger partial charge in [-0.25, -0.2) is 0 Å². The van der Waals surface area contributed by atoms with Crippen LogP contribution in [0.15, 0.2) is 34.8 Å². The van der Waals surface area contributed by atoms with Gasteiger partial charge in [0, 0.05) is 15.9 Å². The molecule has 0 atom stereocenters. The van der Waals surface area contributed by atoms with Crippen LogP contribution in [0.4, 0.5) is 0 Å². The maximum atomic E-state index is 6.00. The van der Waals surface area contributed by atoms with Crippen molar-refractivity contribution < 1.29 is 0 Å². The Morgan fingerprint density at radius 2 is 2.11 bits per heavy atom. The van der Waals surface area contributed by atoms with Crippen LogP contribution in [0, 0.1) is 6.92 Å². The van der Waals surface area contributed by atoms with Crippen molar-refractivity contribution >= 4 is 38.9 Å². The Hall–Kier alpha value is -0.350. The molecule has 0 aliphatic carbocycles. The van der Waals surface area contributed by atoms with Crippen LogP contribution in [0.5, 0.6) is 0 Å². The second kappa shape index (κ2) is 6.71. The Bertz CT molecular complexity index is 505. The molecule has 0 unspecified atom stereocenters. The van der Waals surface area contributed by atoms with Crippen molar-refractivity contribution in [3.8, 4) is 0 Å². The van der Waals surface area contributed by atoms with E-state index in [0.29, 0.717) is 0 Å². The van der Waals surface area contributed by atoms with Crippen LogP contribution in [-0.2, 0) is 13.0 Å². The van der Waals surface area contributed by atoms with Crippen LogP contribution >= 0.6 is 38.9 Å². The van der Waals surface area contributed by atoms with Crippen LogP contribution in [-0.4, -0.2) is 6.54 Å². The Morgan fingerprint density at radius 1 is 1.33 bits per heavy atom. The topological polar surface area (TPSA) is 12.0 Å². The Labute approximate surface area is 125 Å². The van der Waals surface area contributed by atoms with Crippen LogP contribution in [0.2, 0.25) is 4.34 Å². The number of halogens is 2. The smallest absolute Gasteiger partial charge is 0.107 e. The highest BCUT2D eigenvalue weighted by Gasteiger charge is 2.04. The molecule has 1 nitrogen and oxygen atoms in total. The number of hydrogen-bond donors (Lipinski definition) is 1. The molecule has 1 aromatic carbocycles. The zero-order valence-corrected chi connectivity index (χ0v) is 13.3. The van der Waals surface area contributed by atoms with Crippen LogP contribution in [0.1, 0.15) is 16.0 Å². The van der Waals surface area contributed by atoms with Crippen molar-refractivity contribution in [3.63, 3.8) is 0 Å². The molecule has 0 saturated carbocycles. The van der Waals surface area contributed by atoms with Gasteiger partial charge in [0.15, 0.2) is 0 Å². The van der Waals surface area contributed by atoms with Gasteiger partial charge in [0.2, 0.25) is 0 Å². The van der Waals surface area contributed by atoms with Gasteiger partial charge in [-0.2, -0.15) is 0 Å². The van der Waals surface area contributed by atoms with Crippen molar-refractivity contribution in [1.82, 2.24) is 5.32 Å². The first-order chi connectivity index (χ1) is 8.66. The third-order valence-corrected chi connectivity index (χ3v) is 5.30.